The predicted molar refractivity (Wildman–Crippen MR) is 71.0 cm³/mol. The molecule has 0 radical (unpaired) electrons. The topological polar surface area (TPSA) is 15.3 Å². The summed E-state index contributed by atoms with van der Waals surface area (Å²) in [6.07, 6.45) is 2.62. The maximum atomic E-state index is 13.2. The highest BCUT2D eigenvalue weighted by Gasteiger charge is 2.42. The molecule has 3 heteroatoms. The van der Waals surface area contributed by atoms with Crippen LogP contribution in [0.1, 0.15) is 24.0 Å². The van der Waals surface area contributed by atoms with Crippen LogP contribution in [0.25, 0.3) is 0 Å². The van der Waals surface area contributed by atoms with Gasteiger partial charge >= 0.3 is 0 Å². The molecule has 2 saturated heterocycles. The number of nitrogens with one attached hydrogen (secondary N) is 1. The van der Waals surface area contributed by atoms with Gasteiger partial charge in [0.2, 0.25) is 0 Å². The van der Waals surface area contributed by atoms with Gasteiger partial charge in [-0.25, -0.2) is 4.39 Å². The van der Waals surface area contributed by atoms with Crippen molar-refractivity contribution in [3.05, 3.63) is 35.1 Å². The van der Waals surface area contributed by atoms with E-state index < -0.39 is 0 Å². The molecule has 0 saturated carbocycles. The third-order valence-corrected chi connectivity index (χ3v) is 4.41. The highest BCUT2D eigenvalue weighted by Crippen LogP contribution is 2.39. The zero-order valence-electron chi connectivity index (χ0n) is 11.0. The highest BCUT2D eigenvalue weighted by molar-refractivity contribution is 5.24. The summed E-state index contributed by atoms with van der Waals surface area (Å²) in [7, 11) is 0. The van der Waals surface area contributed by atoms with Gasteiger partial charge in [-0.1, -0.05) is 12.1 Å². The first-order chi connectivity index (χ1) is 8.67. The van der Waals surface area contributed by atoms with Gasteiger partial charge in [0.15, 0.2) is 0 Å². The molecule has 2 heterocycles. The molecule has 1 aromatic rings. The van der Waals surface area contributed by atoms with E-state index in [0.717, 1.165) is 12.1 Å². The summed E-state index contributed by atoms with van der Waals surface area (Å²) in [5.41, 5.74) is 2.57. The van der Waals surface area contributed by atoms with E-state index in [1.165, 1.54) is 44.6 Å². The third kappa shape index (κ3) is 2.29. The van der Waals surface area contributed by atoms with Crippen molar-refractivity contribution in [1.29, 1.82) is 0 Å². The largest absolute Gasteiger partial charge is 0.317 e. The average Bonchev–Trinajstić information content (AvgIpc) is 2.33. The van der Waals surface area contributed by atoms with Crippen LogP contribution in [0.3, 0.4) is 0 Å². The monoisotopic (exact) mass is 248 g/mol. The number of piperidine rings is 1. The van der Waals surface area contributed by atoms with Gasteiger partial charge in [-0.2, -0.15) is 0 Å². The van der Waals surface area contributed by atoms with Gasteiger partial charge in [0.05, 0.1) is 0 Å². The standard InChI is InChI=1S/C15H21FN2/c1-12-8-13(2-3-14(12)16)9-18-10-15(11-18)4-6-17-7-5-15/h2-3,8,17H,4-7,9-11H2,1H3. The minimum absolute atomic E-state index is 0.0998. The van der Waals surface area contributed by atoms with Crippen LogP contribution in [0, 0.1) is 18.2 Å². The maximum Gasteiger partial charge on any atom is 0.126 e. The number of halogens is 1. The zero-order chi connectivity index (χ0) is 12.6. The van der Waals surface area contributed by atoms with Crippen LogP contribution in [0.5, 0.6) is 0 Å². The van der Waals surface area contributed by atoms with E-state index in [1.54, 1.807) is 6.07 Å². The number of rotatable bonds is 2. The average molecular weight is 248 g/mol. The van der Waals surface area contributed by atoms with Crippen LogP contribution in [0.2, 0.25) is 0 Å². The van der Waals surface area contributed by atoms with Crippen LogP contribution < -0.4 is 5.32 Å². The van der Waals surface area contributed by atoms with E-state index in [1.807, 2.05) is 19.1 Å². The first-order valence-corrected chi connectivity index (χ1v) is 6.85. The number of nitrogens with zero attached hydrogens (tertiary/aromatic N) is 1. The van der Waals surface area contributed by atoms with Crippen molar-refractivity contribution in [2.24, 2.45) is 5.41 Å². The second kappa shape index (κ2) is 4.63. The Morgan fingerprint density at radius 2 is 2.00 bits per heavy atom. The predicted octanol–water partition coefficient (Wildman–Crippen LogP) is 2.32. The molecule has 18 heavy (non-hydrogen) atoms. The molecule has 2 aliphatic rings. The summed E-state index contributed by atoms with van der Waals surface area (Å²) < 4.78 is 13.2. The smallest absolute Gasteiger partial charge is 0.126 e. The van der Waals surface area contributed by atoms with Gasteiger partial charge in [-0.05, 0) is 55.5 Å². The lowest BCUT2D eigenvalue weighted by atomic mass is 9.72. The molecule has 0 bridgehead atoms. The Morgan fingerprint density at radius 3 is 2.67 bits per heavy atom. The first-order valence-electron chi connectivity index (χ1n) is 6.85. The van der Waals surface area contributed by atoms with E-state index >= 15 is 0 Å². The lowest BCUT2D eigenvalue weighted by molar-refractivity contribution is -0.0282. The molecule has 98 valence electrons. The lowest BCUT2D eigenvalue weighted by Gasteiger charge is -2.52. The molecule has 1 spiro atoms. The van der Waals surface area contributed by atoms with Crippen LogP contribution >= 0.6 is 0 Å². The van der Waals surface area contributed by atoms with Crippen molar-refractivity contribution in [3.8, 4) is 0 Å². The Hall–Kier alpha value is -0.930. The lowest BCUT2D eigenvalue weighted by Crippen LogP contribution is -2.59. The van der Waals surface area contributed by atoms with Crippen molar-refractivity contribution in [3.63, 3.8) is 0 Å². The van der Waals surface area contributed by atoms with E-state index in [9.17, 15) is 4.39 Å². The third-order valence-electron chi connectivity index (χ3n) is 4.41. The van der Waals surface area contributed by atoms with Crippen molar-refractivity contribution < 1.29 is 4.39 Å². The summed E-state index contributed by atoms with van der Waals surface area (Å²) in [5.74, 6) is -0.0998. The summed E-state index contributed by atoms with van der Waals surface area (Å²) in [6.45, 7) is 7.57. The molecule has 0 unspecified atom stereocenters. The van der Waals surface area contributed by atoms with Crippen molar-refractivity contribution in [2.45, 2.75) is 26.3 Å². The molecule has 2 nitrogen and oxygen atoms in total. The van der Waals surface area contributed by atoms with E-state index in [0.29, 0.717) is 5.41 Å². The Labute approximate surface area is 108 Å². The normalized spacial score (nSPS) is 23.0. The molecule has 0 amide bonds. The minimum Gasteiger partial charge on any atom is -0.317 e. The summed E-state index contributed by atoms with van der Waals surface area (Å²) in [5, 5.41) is 3.43. The van der Waals surface area contributed by atoms with Gasteiger partial charge in [0.25, 0.3) is 0 Å². The number of aryl methyl sites for hydroxylation is 1. The van der Waals surface area contributed by atoms with Crippen molar-refractivity contribution in [2.75, 3.05) is 26.2 Å². The van der Waals surface area contributed by atoms with Gasteiger partial charge in [-0.15, -0.1) is 0 Å². The second-order valence-corrected chi connectivity index (χ2v) is 5.98. The van der Waals surface area contributed by atoms with Crippen LogP contribution in [0.4, 0.5) is 4.39 Å². The number of hydrogen-bond acceptors (Lipinski definition) is 2. The molecule has 2 fully saturated rings. The Balaban J connectivity index is 1.57. The van der Waals surface area contributed by atoms with Crippen LogP contribution in [-0.4, -0.2) is 31.1 Å². The van der Waals surface area contributed by atoms with Gasteiger partial charge in [-0.3, -0.25) is 4.90 Å². The SMILES string of the molecule is Cc1cc(CN2CC3(CCNCC3)C2)ccc1F. The Kier molecular flexibility index (Phi) is 3.12. The molecule has 0 aliphatic carbocycles. The summed E-state index contributed by atoms with van der Waals surface area (Å²) in [6, 6.07) is 5.48. The Bertz CT molecular complexity index is 430. The molecule has 3 rings (SSSR count). The molecule has 1 aromatic carbocycles. The van der Waals surface area contributed by atoms with E-state index in [2.05, 4.69) is 10.2 Å². The van der Waals surface area contributed by atoms with Gasteiger partial charge in [0, 0.05) is 19.6 Å². The zero-order valence-corrected chi connectivity index (χ0v) is 11.0. The van der Waals surface area contributed by atoms with Gasteiger partial charge in [0.1, 0.15) is 5.82 Å². The second-order valence-electron chi connectivity index (χ2n) is 5.98. The van der Waals surface area contributed by atoms with E-state index in [4.69, 9.17) is 0 Å². The molecule has 2 aliphatic heterocycles. The molecule has 0 aromatic heterocycles. The van der Waals surface area contributed by atoms with Crippen LogP contribution in [-0.2, 0) is 6.54 Å². The molecule has 0 atom stereocenters. The van der Waals surface area contributed by atoms with Crippen LogP contribution in [0.15, 0.2) is 18.2 Å². The van der Waals surface area contributed by atoms with Crippen molar-refractivity contribution >= 4 is 0 Å². The summed E-state index contributed by atoms with van der Waals surface area (Å²) in [4.78, 5) is 2.48. The first kappa shape index (κ1) is 12.1. The van der Waals surface area contributed by atoms with Gasteiger partial charge < -0.3 is 5.32 Å². The number of likely N-dealkylation sites (tertiary alicyclic amines) is 1. The highest BCUT2D eigenvalue weighted by atomic mass is 19.1. The fourth-order valence-corrected chi connectivity index (χ4v) is 3.35. The molecular formula is C15H21FN2. The fourth-order valence-electron chi connectivity index (χ4n) is 3.35. The molecular weight excluding hydrogens is 227 g/mol. The number of benzene rings is 1. The minimum atomic E-state index is -0.0998. The Morgan fingerprint density at radius 1 is 1.28 bits per heavy atom. The fraction of sp³-hybridized carbons (Fsp3) is 0.600. The van der Waals surface area contributed by atoms with E-state index in [-0.39, 0.29) is 5.82 Å². The number of hydrogen-bond donors (Lipinski definition) is 1. The van der Waals surface area contributed by atoms with Crippen molar-refractivity contribution in [1.82, 2.24) is 10.2 Å². The quantitative estimate of drug-likeness (QED) is 0.864. The molecule has 1 N–H and O–H groups in total. The summed E-state index contributed by atoms with van der Waals surface area (Å²) >= 11 is 0. The maximum absolute atomic E-state index is 13.2.